The molecule has 22 heteroatoms. The van der Waals surface area contributed by atoms with Gasteiger partial charge in [-0.25, -0.2) is 14.2 Å². The first-order valence-electron chi connectivity index (χ1n) is 11.7. The Morgan fingerprint density at radius 2 is 1.85 bits per heavy atom. The molecule has 1 fully saturated rings. The number of aliphatic hydroxyl groups excluding tert-OH is 1. The Morgan fingerprint density at radius 3 is 2.49 bits per heavy atom. The number of carbonyl (C=O) groups excluding carboxylic acids is 4. The van der Waals surface area contributed by atoms with Crippen molar-refractivity contribution in [3.8, 4) is 0 Å². The lowest BCUT2D eigenvalue weighted by Gasteiger charge is -2.49. The maximum Gasteiger partial charge on any atom is 0.357 e. The van der Waals surface area contributed by atoms with Crippen LogP contribution in [0.4, 0.5) is 0 Å². The average molecular weight is 624 g/mol. The first-order chi connectivity index (χ1) is 19.8. The number of carbonyl (C=O) groups is 4. The quantitative estimate of drug-likeness (QED) is 0.0785. The number of fused-ring (bicyclic) bond motifs is 1. The Morgan fingerprint density at radius 1 is 1.15 bits per heavy atom. The van der Waals surface area contributed by atoms with Gasteiger partial charge in [0, 0.05) is 11.5 Å². The van der Waals surface area contributed by atoms with E-state index in [2.05, 4.69) is 51.9 Å². The standard InChI is InChI=1S/C19H21N13O6S3/c1-9-24-25-19(41-9)40-6-10-5-39-17-14(23-12(34)4-31-8-22-27-29-31)16(36)32(17)15(10)18(37)38-13(35)2-20-11(33)3-30-7-21-26-28-30/h7-8,13-14,17,35H,2-6H2,1H3,(H,20,33)(H,23,34)/t13?,14-,17-/m1/s1. The second-order valence-corrected chi connectivity index (χ2v) is 12.0. The molecule has 0 aliphatic carbocycles. The molecule has 1 saturated heterocycles. The normalized spacial score (nSPS) is 18.9. The number of rotatable bonds is 12. The number of aromatic nitrogens is 10. The minimum atomic E-state index is -1.70. The maximum absolute atomic E-state index is 13.3. The predicted octanol–water partition coefficient (Wildman–Crippen LogP) is -3.06. The van der Waals surface area contributed by atoms with Gasteiger partial charge in [-0.1, -0.05) is 23.1 Å². The van der Waals surface area contributed by atoms with Gasteiger partial charge in [-0.3, -0.25) is 19.3 Å². The monoisotopic (exact) mass is 623 g/mol. The summed E-state index contributed by atoms with van der Waals surface area (Å²) in [6, 6.07) is -0.887. The highest BCUT2D eigenvalue weighted by Crippen LogP contribution is 2.42. The number of thioether (sulfide) groups is 2. The molecule has 3 aromatic heterocycles. The van der Waals surface area contributed by atoms with Crippen molar-refractivity contribution >= 4 is 58.6 Å². The Bertz CT molecular complexity index is 1450. The summed E-state index contributed by atoms with van der Waals surface area (Å²) >= 11 is 4.11. The van der Waals surface area contributed by atoms with Gasteiger partial charge in [-0.15, -0.1) is 32.2 Å². The Hall–Kier alpha value is -4.02. The number of hydrogen-bond acceptors (Lipinski definition) is 17. The molecule has 3 atom stereocenters. The molecule has 41 heavy (non-hydrogen) atoms. The first-order valence-corrected chi connectivity index (χ1v) is 14.6. The third-order valence-corrected chi connectivity index (χ3v) is 8.94. The Balaban J connectivity index is 1.25. The fourth-order valence-corrected chi connectivity index (χ4v) is 7.07. The Labute approximate surface area is 242 Å². The zero-order valence-electron chi connectivity index (χ0n) is 21.1. The van der Waals surface area contributed by atoms with E-state index in [1.807, 2.05) is 6.92 Å². The van der Waals surface area contributed by atoms with Gasteiger partial charge >= 0.3 is 5.97 Å². The molecule has 0 bridgehead atoms. The third-order valence-electron chi connectivity index (χ3n) is 5.55. The molecule has 0 spiro atoms. The number of ether oxygens (including phenoxy) is 1. The number of amides is 3. The van der Waals surface area contributed by atoms with Crippen LogP contribution in [0.1, 0.15) is 5.01 Å². The van der Waals surface area contributed by atoms with E-state index in [4.69, 9.17) is 4.74 Å². The number of hydrogen-bond donors (Lipinski definition) is 3. The van der Waals surface area contributed by atoms with Gasteiger partial charge in [0.15, 0.2) is 4.34 Å². The molecular formula is C19H21N13O6S3. The minimum absolute atomic E-state index is 0.0301. The molecule has 216 valence electrons. The lowest BCUT2D eigenvalue weighted by Crippen LogP contribution is -2.71. The van der Waals surface area contributed by atoms with Crippen LogP contribution in [-0.2, 0) is 37.0 Å². The summed E-state index contributed by atoms with van der Waals surface area (Å²) in [6.45, 7) is 1.02. The summed E-state index contributed by atoms with van der Waals surface area (Å²) in [5.41, 5.74) is 0.549. The second kappa shape index (κ2) is 12.7. The average Bonchev–Trinajstić information content (AvgIpc) is 3.73. The number of esters is 1. The SMILES string of the molecule is Cc1nnc(SCC2=C(C(=O)OC(O)CNC(=O)Cn3cnnn3)N3C(=O)[C@@H](NC(=O)Cn4cnnn4)[C@H]3SC2)s1. The van der Waals surface area contributed by atoms with Gasteiger partial charge in [-0.2, -0.15) is 0 Å². The van der Waals surface area contributed by atoms with Crippen molar-refractivity contribution < 1.29 is 29.0 Å². The van der Waals surface area contributed by atoms with E-state index < -0.39 is 47.9 Å². The number of aliphatic hydroxyl groups is 1. The third kappa shape index (κ3) is 6.83. The van der Waals surface area contributed by atoms with Crippen LogP contribution in [-0.4, -0.2) is 120 Å². The highest BCUT2D eigenvalue weighted by Gasteiger charge is 2.54. The first kappa shape index (κ1) is 28.5. The molecule has 3 amide bonds. The predicted molar refractivity (Wildman–Crippen MR) is 138 cm³/mol. The topological polar surface area (TPSA) is 238 Å². The molecule has 3 aromatic rings. The van der Waals surface area contributed by atoms with Crippen molar-refractivity contribution in [2.45, 2.75) is 42.1 Å². The van der Waals surface area contributed by atoms with Crippen molar-refractivity contribution in [1.29, 1.82) is 0 Å². The molecule has 2 aliphatic rings. The zero-order valence-corrected chi connectivity index (χ0v) is 23.5. The van der Waals surface area contributed by atoms with Crippen LogP contribution in [0.25, 0.3) is 0 Å². The molecule has 5 rings (SSSR count). The van der Waals surface area contributed by atoms with Gasteiger partial charge in [0.25, 0.3) is 5.91 Å². The van der Waals surface area contributed by atoms with Crippen molar-refractivity contribution in [2.24, 2.45) is 0 Å². The lowest BCUT2D eigenvalue weighted by molar-refractivity contribution is -0.168. The molecule has 3 N–H and O–H groups in total. The van der Waals surface area contributed by atoms with Crippen LogP contribution in [0.5, 0.6) is 0 Å². The smallest absolute Gasteiger partial charge is 0.357 e. The summed E-state index contributed by atoms with van der Waals surface area (Å²) < 4.78 is 8.26. The van der Waals surface area contributed by atoms with E-state index in [9.17, 15) is 24.3 Å². The zero-order chi connectivity index (χ0) is 28.9. The summed E-state index contributed by atoms with van der Waals surface area (Å²) in [6.07, 6.45) is 0.807. The number of aryl methyl sites for hydroxylation is 1. The molecule has 1 unspecified atom stereocenters. The molecule has 2 aliphatic heterocycles. The van der Waals surface area contributed by atoms with Crippen molar-refractivity contribution in [3.05, 3.63) is 28.9 Å². The molecule has 0 radical (unpaired) electrons. The van der Waals surface area contributed by atoms with Crippen LogP contribution in [0, 0.1) is 6.92 Å². The van der Waals surface area contributed by atoms with Gasteiger partial charge in [0.05, 0.1) is 6.54 Å². The van der Waals surface area contributed by atoms with E-state index in [1.165, 1.54) is 61.8 Å². The largest absolute Gasteiger partial charge is 0.429 e. The maximum atomic E-state index is 13.3. The summed E-state index contributed by atoms with van der Waals surface area (Å²) in [5.74, 6) is -1.82. The Kier molecular flexibility index (Phi) is 8.80. The van der Waals surface area contributed by atoms with E-state index in [0.717, 1.165) is 5.01 Å². The van der Waals surface area contributed by atoms with Gasteiger partial charge in [0.1, 0.15) is 47.9 Å². The molecule has 0 saturated carbocycles. The van der Waals surface area contributed by atoms with Gasteiger partial charge < -0.3 is 20.5 Å². The highest BCUT2D eigenvalue weighted by atomic mass is 32.2. The van der Waals surface area contributed by atoms with E-state index >= 15 is 0 Å². The van der Waals surface area contributed by atoms with E-state index in [0.29, 0.717) is 21.4 Å². The summed E-state index contributed by atoms with van der Waals surface area (Å²) in [7, 11) is 0. The summed E-state index contributed by atoms with van der Waals surface area (Å²) in [4.78, 5) is 52.2. The molecule has 19 nitrogen and oxygen atoms in total. The minimum Gasteiger partial charge on any atom is -0.429 e. The molecular weight excluding hydrogens is 602 g/mol. The molecule has 5 heterocycles. The highest BCUT2D eigenvalue weighted by molar-refractivity contribution is 8.01. The number of tetrazole rings is 2. The fraction of sp³-hybridized carbons (Fsp3) is 0.474. The number of nitrogens with one attached hydrogen (secondary N) is 2. The van der Waals surface area contributed by atoms with Crippen molar-refractivity contribution in [1.82, 2.24) is 66.1 Å². The van der Waals surface area contributed by atoms with Crippen molar-refractivity contribution in [3.63, 3.8) is 0 Å². The second-order valence-electron chi connectivity index (χ2n) is 8.46. The van der Waals surface area contributed by atoms with Crippen LogP contribution >= 0.6 is 34.9 Å². The van der Waals surface area contributed by atoms with Crippen LogP contribution < -0.4 is 10.6 Å². The van der Waals surface area contributed by atoms with E-state index in [-0.39, 0.29) is 18.8 Å². The van der Waals surface area contributed by atoms with Crippen molar-refractivity contribution in [2.75, 3.05) is 18.1 Å². The molecule has 0 aromatic carbocycles. The fourth-order valence-electron chi connectivity index (χ4n) is 3.77. The van der Waals surface area contributed by atoms with E-state index in [1.54, 1.807) is 0 Å². The van der Waals surface area contributed by atoms with Gasteiger partial charge in [0.2, 0.25) is 18.1 Å². The van der Waals surface area contributed by atoms with Crippen LogP contribution in [0.15, 0.2) is 28.3 Å². The summed E-state index contributed by atoms with van der Waals surface area (Å²) in [5, 5.41) is 44.6. The van der Waals surface area contributed by atoms with Crippen LogP contribution in [0.3, 0.4) is 0 Å². The van der Waals surface area contributed by atoms with Crippen LogP contribution in [0.2, 0.25) is 0 Å². The number of nitrogens with zero attached hydrogens (tertiary/aromatic N) is 11. The lowest BCUT2D eigenvalue weighted by atomic mass is 10.0. The number of β-lactam (4-membered cyclic amide) rings is 1. The van der Waals surface area contributed by atoms with Gasteiger partial charge in [-0.05, 0) is 33.4 Å².